The van der Waals surface area contributed by atoms with Crippen LogP contribution in [0, 0.1) is 0 Å². The summed E-state index contributed by atoms with van der Waals surface area (Å²) in [6.07, 6.45) is 3.75. The molecule has 0 bridgehead atoms. The van der Waals surface area contributed by atoms with Gasteiger partial charge in [-0.2, -0.15) is 0 Å². The fourth-order valence-corrected chi connectivity index (χ4v) is 20.7. The van der Waals surface area contributed by atoms with Crippen LogP contribution < -0.4 is 10.3 Å². The van der Waals surface area contributed by atoms with Crippen LogP contribution in [0.4, 0.5) is 17.2 Å². The number of sulfone groups is 1. The summed E-state index contributed by atoms with van der Waals surface area (Å²) in [6, 6.07) is 124. The van der Waals surface area contributed by atoms with Crippen LogP contribution >= 0.6 is 11.3 Å². The average Bonchev–Trinajstić information content (AvgIpc) is 1.54. The second kappa shape index (κ2) is 29.5. The maximum atomic E-state index is 13.4. The van der Waals surface area contributed by atoms with Crippen molar-refractivity contribution in [2.24, 2.45) is 0 Å². The third-order valence-corrected chi connectivity index (χ3v) is 26.7. The van der Waals surface area contributed by atoms with Gasteiger partial charge in [-0.1, -0.05) is 255 Å². The number of nitrogens with zero attached hydrogens (tertiary/aromatic N) is 14. The van der Waals surface area contributed by atoms with Gasteiger partial charge in [-0.25, -0.2) is 53.3 Å². The second-order valence-electron chi connectivity index (χ2n) is 30.8. The molecule has 26 rings (SSSR count). The highest BCUT2D eigenvalue weighted by Gasteiger charge is 2.36. The molecule has 0 fully saturated rings. The van der Waals surface area contributed by atoms with Crippen molar-refractivity contribution in [3.63, 3.8) is 0 Å². The number of rotatable bonds is 11. The van der Waals surface area contributed by atoms with Crippen molar-refractivity contribution < 1.29 is 12.8 Å². The van der Waals surface area contributed by atoms with E-state index in [1.54, 1.807) is 12.3 Å². The molecule has 10 aromatic heterocycles. The molecular formula is C106H64N14O4S2. The van der Waals surface area contributed by atoms with E-state index in [4.69, 9.17) is 49.3 Å². The monoisotopic (exact) mass is 1660 g/mol. The molecule has 18 nitrogen and oxygen atoms in total. The van der Waals surface area contributed by atoms with E-state index in [0.717, 1.165) is 133 Å². The molecule has 2 aliphatic rings. The van der Waals surface area contributed by atoms with E-state index in [2.05, 4.69) is 157 Å². The molecular weight excluding hydrogens is 1600 g/mol. The summed E-state index contributed by atoms with van der Waals surface area (Å²) < 4.78 is 41.7. The van der Waals surface area contributed by atoms with Crippen molar-refractivity contribution in [3.05, 3.63) is 398 Å². The number of pyridine rings is 1. The summed E-state index contributed by atoms with van der Waals surface area (Å²) in [5, 5.41) is 8.64. The number of fused-ring (bicyclic) bond motifs is 15. The molecule has 0 amide bonds. The molecule has 594 valence electrons. The molecule has 0 saturated carbocycles. The lowest BCUT2D eigenvalue weighted by atomic mass is 10.1. The van der Waals surface area contributed by atoms with Gasteiger partial charge in [0.05, 0.1) is 72.2 Å². The smallest absolute Gasteiger partial charge is 0.232 e. The van der Waals surface area contributed by atoms with Crippen molar-refractivity contribution >= 4 is 120 Å². The molecule has 24 aromatic rings. The fraction of sp³-hybridized carbons (Fsp3) is 0. The minimum atomic E-state index is -3.58. The minimum absolute atomic E-state index is 0.0939. The van der Waals surface area contributed by atoms with Crippen LogP contribution in [-0.2, 0) is 9.84 Å². The lowest BCUT2D eigenvalue weighted by molar-refractivity contribution is 0.597. The zero-order valence-electron chi connectivity index (χ0n) is 66.7. The first-order chi connectivity index (χ1) is 62.2. The molecule has 0 spiro atoms. The van der Waals surface area contributed by atoms with Gasteiger partial charge in [-0.3, -0.25) is 9.69 Å². The van der Waals surface area contributed by atoms with Crippen molar-refractivity contribution in [1.82, 2.24) is 63.0 Å². The van der Waals surface area contributed by atoms with Crippen molar-refractivity contribution in [2.45, 2.75) is 9.10 Å². The molecule has 0 atom stereocenters. The fourth-order valence-electron chi connectivity index (χ4n) is 17.8. The maximum absolute atomic E-state index is 13.4. The molecule has 12 heterocycles. The first-order valence-electron chi connectivity index (χ1n) is 41.1. The molecule has 0 N–H and O–H groups in total. The molecule has 0 unspecified atom stereocenters. The molecule has 0 aliphatic carbocycles. The Labute approximate surface area is 722 Å². The number of benzene rings is 14. The molecule has 0 saturated heterocycles. The van der Waals surface area contributed by atoms with Crippen LogP contribution in [0.3, 0.4) is 0 Å². The van der Waals surface area contributed by atoms with Gasteiger partial charge < -0.3 is 22.5 Å². The van der Waals surface area contributed by atoms with Gasteiger partial charge in [0, 0.05) is 106 Å². The maximum Gasteiger partial charge on any atom is 0.232 e. The summed E-state index contributed by atoms with van der Waals surface area (Å²) in [6.45, 7) is 0. The summed E-state index contributed by atoms with van der Waals surface area (Å²) in [5.74, 6) is 6.60. The third kappa shape index (κ3) is 12.0. The minimum Gasteiger partial charge on any atom is -0.459 e. The van der Waals surface area contributed by atoms with Gasteiger partial charge in [0.25, 0.3) is 0 Å². The van der Waals surface area contributed by atoms with Crippen LogP contribution in [0.15, 0.2) is 406 Å². The van der Waals surface area contributed by atoms with Crippen LogP contribution in [0.2, 0.25) is 0 Å². The Balaban J connectivity index is 0.000000107. The van der Waals surface area contributed by atoms with E-state index in [1.165, 1.54) is 22.2 Å². The normalized spacial score (nSPS) is 12.4. The first-order valence-corrected chi connectivity index (χ1v) is 43.4. The Morgan fingerprint density at radius 1 is 0.286 bits per heavy atom. The second-order valence-corrected chi connectivity index (χ2v) is 33.8. The number of para-hydroxylation sites is 5. The van der Waals surface area contributed by atoms with Crippen molar-refractivity contribution in [1.29, 1.82) is 0 Å². The summed E-state index contributed by atoms with van der Waals surface area (Å²) in [7, 11) is -3.58. The Bertz CT molecular complexity index is 8460. The van der Waals surface area contributed by atoms with Gasteiger partial charge in [-0.15, -0.1) is 11.3 Å². The van der Waals surface area contributed by atoms with Gasteiger partial charge in [0.2, 0.25) is 15.3 Å². The van der Waals surface area contributed by atoms with Gasteiger partial charge in [0.1, 0.15) is 10.0 Å². The SMILES string of the molecule is O=S1(=O)c2sccc2-n2c3ccc(-c4nc(-c5ccccc5)nc(-c5ccccc5)n4)cc3c3cccc1c32.O=c1c2cccc3c4cc(-c5nc(-c6ccccc6)nc(-c6ccccc6)n5)ccc4n(c4ccoc14)c23.c1ccc(-c2nc(-c3ccccc3)nc(-c3ccc4c(c3)c3cccc5c3n4-c3ccn(-c4ccccc4)c3N5c3ccccc3)n2)cc1. The number of aromatic nitrogens is 13. The summed E-state index contributed by atoms with van der Waals surface area (Å²) in [4.78, 5) is 59.9. The highest BCUT2D eigenvalue weighted by molar-refractivity contribution is 7.94. The van der Waals surface area contributed by atoms with E-state index in [-0.39, 0.29) is 5.43 Å². The number of anilines is 3. The predicted octanol–water partition coefficient (Wildman–Crippen LogP) is 24.7. The number of furan rings is 1. The van der Waals surface area contributed by atoms with Gasteiger partial charge in [-0.05, 0) is 115 Å². The van der Waals surface area contributed by atoms with E-state index in [9.17, 15) is 13.2 Å². The zero-order valence-corrected chi connectivity index (χ0v) is 68.3. The zero-order chi connectivity index (χ0) is 83.7. The quantitative estimate of drug-likeness (QED) is 0.118. The van der Waals surface area contributed by atoms with Crippen LogP contribution in [0.25, 0.3) is 201 Å². The van der Waals surface area contributed by atoms with Gasteiger partial charge in [0.15, 0.2) is 58.0 Å². The van der Waals surface area contributed by atoms with E-state index in [1.807, 2.05) is 242 Å². The Hall–Kier alpha value is -16.8. The molecule has 126 heavy (non-hydrogen) atoms. The summed E-state index contributed by atoms with van der Waals surface area (Å²) in [5.41, 5.74) is 20.2. The Morgan fingerprint density at radius 3 is 1.12 bits per heavy atom. The Kier molecular flexibility index (Phi) is 17.1. The number of hydrogen-bond donors (Lipinski definition) is 0. The van der Waals surface area contributed by atoms with Crippen LogP contribution in [0.1, 0.15) is 0 Å². The standard InChI is InChI=1S/C43H28N6.C32H18N4O2.C31H18N4O2S2/c1-5-14-29(15-6-1)40-44-41(30-16-7-2-8-17-30)46-42(45-40)31-24-25-36-35(28-31)34-22-13-23-37-39(34)49(36)38-26-27-47(32-18-9-3-10-19-32)43(38)48(37)33-20-11-4-12-21-33;37-28-23-13-7-12-22-24-18-21(14-15-25(24)36(27(22)23)26-16-17-38-29(26)28)32-34-30(19-8-3-1-4-9-19)33-31(35-32)20-10-5-2-6-11-20;36-39(37)26-13-7-12-22-23-18-21(14-15-24(23)35(27(22)26)25-16-17-38-31(25)39)30-33-28(19-8-3-1-4-9-19)32-29(34-30)20-10-5-2-6-11-20/h1-28H;1-18H;1-18H. The highest BCUT2D eigenvalue weighted by Crippen LogP contribution is 2.52. The summed E-state index contributed by atoms with van der Waals surface area (Å²) >= 11 is 1.26. The lowest BCUT2D eigenvalue weighted by Crippen LogP contribution is -2.20. The van der Waals surface area contributed by atoms with E-state index >= 15 is 0 Å². The molecule has 14 aromatic carbocycles. The van der Waals surface area contributed by atoms with E-state index in [0.29, 0.717) is 83.7 Å². The molecule has 20 heteroatoms. The van der Waals surface area contributed by atoms with Crippen molar-refractivity contribution in [2.75, 3.05) is 4.90 Å². The Morgan fingerprint density at radius 2 is 0.659 bits per heavy atom. The predicted molar refractivity (Wildman–Crippen MR) is 501 cm³/mol. The average molecular weight is 1660 g/mol. The van der Waals surface area contributed by atoms with E-state index < -0.39 is 9.84 Å². The highest BCUT2D eigenvalue weighted by atomic mass is 32.2. The molecule has 2 aliphatic heterocycles. The van der Waals surface area contributed by atoms with Crippen LogP contribution in [0.5, 0.6) is 0 Å². The number of thiophene rings is 1. The topological polar surface area (TPSA) is 203 Å². The third-order valence-electron chi connectivity index (χ3n) is 23.5. The largest absolute Gasteiger partial charge is 0.459 e. The van der Waals surface area contributed by atoms with Crippen LogP contribution in [-0.4, -0.2) is 71.4 Å². The lowest BCUT2D eigenvalue weighted by Gasteiger charge is -2.32. The van der Waals surface area contributed by atoms with Gasteiger partial charge >= 0.3 is 0 Å². The first kappa shape index (κ1) is 73.1. The molecule has 0 radical (unpaired) electrons. The van der Waals surface area contributed by atoms with Crippen molar-refractivity contribution in [3.8, 4) is 120 Å². The number of hydrogen-bond acceptors (Lipinski definition) is 15.